The lowest BCUT2D eigenvalue weighted by atomic mass is 10.0. The number of aryl methyl sites for hydroxylation is 1. The molecule has 4 heteroatoms. The molecule has 4 nitrogen and oxygen atoms in total. The third-order valence-electron chi connectivity index (χ3n) is 4.18. The molecule has 0 bridgehead atoms. The molecular weight excluding hydrogens is 290 g/mol. The second kappa shape index (κ2) is 6.73. The van der Waals surface area contributed by atoms with Crippen molar-refractivity contribution in [2.45, 2.75) is 26.2 Å². The first-order valence-electron chi connectivity index (χ1n) is 8.07. The zero-order valence-corrected chi connectivity index (χ0v) is 13.3. The summed E-state index contributed by atoms with van der Waals surface area (Å²) in [7, 11) is 0. The molecule has 0 spiro atoms. The topological polar surface area (TPSA) is 49.8 Å². The van der Waals surface area contributed by atoms with Crippen molar-refractivity contribution in [3.05, 3.63) is 53.6 Å². The van der Waals surface area contributed by atoms with Gasteiger partial charge in [0, 0.05) is 13.1 Å². The maximum atomic E-state index is 11.4. The summed E-state index contributed by atoms with van der Waals surface area (Å²) < 4.78 is 6.14. The van der Waals surface area contributed by atoms with Crippen molar-refractivity contribution in [3.63, 3.8) is 0 Å². The van der Waals surface area contributed by atoms with Crippen LogP contribution in [0.5, 0.6) is 11.5 Å². The molecule has 0 aliphatic carbocycles. The number of para-hydroxylation sites is 1. The van der Waals surface area contributed by atoms with E-state index in [4.69, 9.17) is 4.74 Å². The molecule has 2 aromatic carbocycles. The summed E-state index contributed by atoms with van der Waals surface area (Å²) >= 11 is 0. The number of anilines is 1. The lowest BCUT2D eigenvalue weighted by molar-refractivity contribution is 0.0697. The Morgan fingerprint density at radius 1 is 1.17 bits per heavy atom. The number of hydrogen-bond donors (Lipinski definition) is 1. The zero-order valence-electron chi connectivity index (χ0n) is 13.3. The van der Waals surface area contributed by atoms with Gasteiger partial charge in [-0.3, -0.25) is 0 Å². The van der Waals surface area contributed by atoms with Crippen LogP contribution in [0.3, 0.4) is 0 Å². The molecule has 1 saturated heterocycles. The molecule has 1 heterocycles. The highest BCUT2D eigenvalue weighted by molar-refractivity contribution is 5.90. The third kappa shape index (κ3) is 3.31. The quantitative estimate of drug-likeness (QED) is 0.892. The molecule has 3 rings (SSSR count). The van der Waals surface area contributed by atoms with Gasteiger partial charge >= 0.3 is 5.97 Å². The maximum absolute atomic E-state index is 11.4. The van der Waals surface area contributed by atoms with Gasteiger partial charge in [0.2, 0.25) is 0 Å². The van der Waals surface area contributed by atoms with Crippen LogP contribution in [0.15, 0.2) is 42.5 Å². The van der Waals surface area contributed by atoms with E-state index in [-0.39, 0.29) is 0 Å². The lowest BCUT2D eigenvalue weighted by Crippen LogP contribution is -2.19. The van der Waals surface area contributed by atoms with Crippen LogP contribution in [0, 0.1) is 0 Å². The van der Waals surface area contributed by atoms with E-state index in [2.05, 4.69) is 4.90 Å². The molecule has 0 aromatic heterocycles. The maximum Gasteiger partial charge on any atom is 0.335 e. The molecule has 23 heavy (non-hydrogen) atoms. The normalized spacial score (nSPS) is 14.0. The fourth-order valence-corrected chi connectivity index (χ4v) is 2.98. The van der Waals surface area contributed by atoms with Crippen LogP contribution < -0.4 is 9.64 Å². The molecule has 0 radical (unpaired) electrons. The minimum Gasteiger partial charge on any atom is -0.478 e. The van der Waals surface area contributed by atoms with Gasteiger partial charge in [-0.05, 0) is 49.1 Å². The predicted octanol–water partition coefficient (Wildman–Crippen LogP) is 4.34. The molecule has 0 unspecified atom stereocenters. The van der Waals surface area contributed by atoms with E-state index in [0.29, 0.717) is 5.56 Å². The molecule has 1 fully saturated rings. The number of carboxylic acids is 1. The fourth-order valence-electron chi connectivity index (χ4n) is 2.98. The predicted molar refractivity (Wildman–Crippen MR) is 90.7 cm³/mol. The second-order valence-electron chi connectivity index (χ2n) is 5.75. The number of aromatic carboxylic acids is 1. The molecule has 1 aliphatic rings. The number of carboxylic acid groups (broad SMARTS) is 1. The molecule has 1 N–H and O–H groups in total. The highest BCUT2D eigenvalue weighted by atomic mass is 16.5. The second-order valence-corrected chi connectivity index (χ2v) is 5.75. The summed E-state index contributed by atoms with van der Waals surface area (Å²) in [5.41, 5.74) is 2.14. The number of ether oxygens (including phenoxy) is 1. The number of hydrogen-bond acceptors (Lipinski definition) is 3. The Kier molecular flexibility index (Phi) is 4.51. The van der Waals surface area contributed by atoms with Crippen molar-refractivity contribution in [1.82, 2.24) is 0 Å². The number of nitrogens with zero attached hydrogens (tertiary/aromatic N) is 1. The number of rotatable bonds is 5. The smallest absolute Gasteiger partial charge is 0.335 e. The van der Waals surface area contributed by atoms with Crippen LogP contribution in [-0.2, 0) is 6.42 Å². The van der Waals surface area contributed by atoms with Gasteiger partial charge < -0.3 is 14.7 Å². The molecule has 0 amide bonds. The van der Waals surface area contributed by atoms with Gasteiger partial charge in [0.25, 0.3) is 0 Å². The summed E-state index contributed by atoms with van der Waals surface area (Å²) in [4.78, 5) is 13.7. The number of carbonyl (C=O) groups is 1. The Labute approximate surface area is 136 Å². The van der Waals surface area contributed by atoms with Crippen LogP contribution >= 0.6 is 0 Å². The lowest BCUT2D eigenvalue weighted by Gasteiger charge is -2.24. The van der Waals surface area contributed by atoms with Crippen molar-refractivity contribution in [2.75, 3.05) is 18.0 Å². The zero-order chi connectivity index (χ0) is 16.2. The summed E-state index contributed by atoms with van der Waals surface area (Å²) in [6.45, 7) is 3.90. The molecule has 1 aliphatic heterocycles. The van der Waals surface area contributed by atoms with Crippen molar-refractivity contribution >= 4 is 11.7 Å². The van der Waals surface area contributed by atoms with E-state index in [9.17, 15) is 9.90 Å². The Morgan fingerprint density at radius 3 is 2.48 bits per heavy atom. The standard InChI is InChI=1S/C19H21NO3/c1-2-14-12-15(19(21)22)13-17(20-10-6-7-11-20)18(14)23-16-8-4-3-5-9-16/h3-5,8-9,12-13H,2,6-7,10-11H2,1H3,(H,21,22). The summed E-state index contributed by atoms with van der Waals surface area (Å²) in [6.07, 6.45) is 2.98. The van der Waals surface area contributed by atoms with Gasteiger partial charge in [-0.1, -0.05) is 25.1 Å². The van der Waals surface area contributed by atoms with Crippen LogP contribution in [0.2, 0.25) is 0 Å². The molecule has 120 valence electrons. The minimum absolute atomic E-state index is 0.323. The van der Waals surface area contributed by atoms with Crippen LogP contribution in [-0.4, -0.2) is 24.2 Å². The first kappa shape index (κ1) is 15.4. The van der Waals surface area contributed by atoms with E-state index >= 15 is 0 Å². The molecule has 0 atom stereocenters. The molecular formula is C19H21NO3. The van der Waals surface area contributed by atoms with Gasteiger partial charge in [-0.25, -0.2) is 4.79 Å². The number of benzene rings is 2. The Balaban J connectivity index is 2.08. The SMILES string of the molecule is CCc1cc(C(=O)O)cc(N2CCCC2)c1Oc1ccccc1. The Hall–Kier alpha value is -2.49. The Morgan fingerprint density at radius 2 is 1.87 bits per heavy atom. The van der Waals surface area contributed by atoms with Gasteiger partial charge in [0.1, 0.15) is 5.75 Å². The molecule has 2 aromatic rings. The van der Waals surface area contributed by atoms with E-state index in [0.717, 1.165) is 55.1 Å². The van der Waals surface area contributed by atoms with Crippen LogP contribution in [0.4, 0.5) is 5.69 Å². The minimum atomic E-state index is -0.897. The first-order chi connectivity index (χ1) is 11.2. The van der Waals surface area contributed by atoms with Gasteiger partial charge in [0.15, 0.2) is 5.75 Å². The Bertz CT molecular complexity index is 691. The first-order valence-corrected chi connectivity index (χ1v) is 8.07. The fraction of sp³-hybridized carbons (Fsp3) is 0.316. The van der Waals surface area contributed by atoms with Gasteiger partial charge in [-0.2, -0.15) is 0 Å². The average molecular weight is 311 g/mol. The van der Waals surface area contributed by atoms with E-state index in [1.165, 1.54) is 0 Å². The van der Waals surface area contributed by atoms with Gasteiger partial charge in [0.05, 0.1) is 11.3 Å². The van der Waals surface area contributed by atoms with E-state index < -0.39 is 5.97 Å². The monoisotopic (exact) mass is 311 g/mol. The van der Waals surface area contributed by atoms with Crippen LogP contribution in [0.25, 0.3) is 0 Å². The average Bonchev–Trinajstić information content (AvgIpc) is 3.10. The van der Waals surface area contributed by atoms with Crippen molar-refractivity contribution < 1.29 is 14.6 Å². The van der Waals surface area contributed by atoms with E-state index in [1.54, 1.807) is 12.1 Å². The highest BCUT2D eigenvalue weighted by Crippen LogP contribution is 2.38. The van der Waals surface area contributed by atoms with Crippen LogP contribution in [0.1, 0.15) is 35.7 Å². The van der Waals surface area contributed by atoms with E-state index in [1.807, 2.05) is 37.3 Å². The largest absolute Gasteiger partial charge is 0.478 e. The summed E-state index contributed by atoms with van der Waals surface area (Å²) in [5, 5.41) is 9.39. The third-order valence-corrected chi connectivity index (χ3v) is 4.18. The molecule has 0 saturated carbocycles. The van der Waals surface area contributed by atoms with Crippen molar-refractivity contribution in [3.8, 4) is 11.5 Å². The van der Waals surface area contributed by atoms with Crippen molar-refractivity contribution in [1.29, 1.82) is 0 Å². The van der Waals surface area contributed by atoms with Crippen molar-refractivity contribution in [2.24, 2.45) is 0 Å². The highest BCUT2D eigenvalue weighted by Gasteiger charge is 2.22. The van der Waals surface area contributed by atoms with Gasteiger partial charge in [-0.15, -0.1) is 0 Å². The summed E-state index contributed by atoms with van der Waals surface area (Å²) in [6, 6.07) is 13.1. The summed E-state index contributed by atoms with van der Waals surface area (Å²) in [5.74, 6) is 0.655.